The minimum absolute atomic E-state index is 0.00261. The SMILES string of the molecule is Cc1ccccc1[C@@H]1COCCN1C1CC2(CCN(c3ccc(C(=O)NS(=O)(=O)c4cc5c(c([N+](=O)[O-])c4)N[C@H](CN4CCC(F)(F)CC4)CO5)c(N4c5cc6cc[nH]c6nc5O[C@H]5COCC[C@@H]54)c3)CC2)C1. The number of likely N-dealkylation sites (tertiary alicyclic amines) is 1. The van der Waals surface area contributed by atoms with Crippen molar-refractivity contribution in [1.82, 2.24) is 24.5 Å². The maximum atomic E-state index is 14.8. The minimum Gasteiger partial charge on any atom is -0.489 e. The zero-order valence-electron chi connectivity index (χ0n) is 40.6. The van der Waals surface area contributed by atoms with Crippen LogP contribution in [0.4, 0.5) is 37.2 Å². The van der Waals surface area contributed by atoms with E-state index in [0.29, 0.717) is 55.1 Å². The van der Waals surface area contributed by atoms with Crippen molar-refractivity contribution in [3.05, 3.63) is 99.7 Å². The number of nitrogens with zero attached hydrogens (tertiary/aromatic N) is 6. The molecular weight excluding hydrogens is 965 g/mol. The minimum atomic E-state index is -4.76. The van der Waals surface area contributed by atoms with Crippen LogP contribution in [0, 0.1) is 22.5 Å². The molecule has 21 heteroatoms. The quantitative estimate of drug-likeness (QED) is 0.0930. The largest absolute Gasteiger partial charge is 0.489 e. The van der Waals surface area contributed by atoms with E-state index in [0.717, 1.165) is 75.1 Å². The van der Waals surface area contributed by atoms with E-state index in [9.17, 15) is 32.1 Å². The summed E-state index contributed by atoms with van der Waals surface area (Å²) in [7, 11) is -4.76. The lowest BCUT2D eigenvalue weighted by molar-refractivity contribution is -0.384. The Hall–Kier alpha value is -6.13. The number of pyridine rings is 1. The maximum absolute atomic E-state index is 14.8. The van der Waals surface area contributed by atoms with Gasteiger partial charge < -0.3 is 43.9 Å². The number of amides is 1. The van der Waals surface area contributed by atoms with Gasteiger partial charge in [0.2, 0.25) is 5.88 Å². The number of anilines is 4. The Labute approximate surface area is 421 Å². The number of piperidine rings is 2. The molecule has 8 heterocycles. The summed E-state index contributed by atoms with van der Waals surface area (Å²) in [5, 5.41) is 16.4. The molecule has 3 aromatic carbocycles. The lowest BCUT2D eigenvalue weighted by atomic mass is 9.59. The number of fused-ring (bicyclic) bond motifs is 4. The Kier molecular flexibility index (Phi) is 12.2. The summed E-state index contributed by atoms with van der Waals surface area (Å²) in [4.78, 5) is 42.9. The predicted molar refractivity (Wildman–Crippen MR) is 268 cm³/mol. The van der Waals surface area contributed by atoms with Crippen molar-refractivity contribution in [2.24, 2.45) is 5.41 Å². The summed E-state index contributed by atoms with van der Waals surface area (Å²) in [6.45, 7) is 7.44. The number of morpholine rings is 1. The van der Waals surface area contributed by atoms with E-state index in [1.807, 2.05) is 34.1 Å². The zero-order valence-corrected chi connectivity index (χ0v) is 41.4. The van der Waals surface area contributed by atoms with Crippen molar-refractivity contribution in [1.29, 1.82) is 0 Å². The monoisotopic (exact) mass is 1020 g/mol. The smallest absolute Gasteiger partial charge is 0.297 e. The van der Waals surface area contributed by atoms with E-state index >= 15 is 0 Å². The van der Waals surface area contributed by atoms with Crippen LogP contribution in [0.1, 0.15) is 72.5 Å². The molecule has 1 spiro atoms. The Bertz CT molecular complexity index is 3060. The van der Waals surface area contributed by atoms with Gasteiger partial charge in [-0.2, -0.15) is 4.98 Å². The van der Waals surface area contributed by atoms with Gasteiger partial charge in [-0.05, 0) is 85.9 Å². The van der Waals surface area contributed by atoms with E-state index in [1.165, 1.54) is 11.1 Å². The van der Waals surface area contributed by atoms with Gasteiger partial charge in [-0.1, -0.05) is 24.3 Å². The van der Waals surface area contributed by atoms with Gasteiger partial charge in [-0.15, -0.1) is 0 Å². The number of hydrogen-bond acceptors (Lipinski definition) is 15. The Morgan fingerprint density at radius 3 is 2.52 bits per heavy atom. The standard InChI is InChI=1S/C52H59F2N9O9S/c1-32-4-2-3-5-38(32)44-30-70-21-19-61(44)36-26-51(27-36)10-17-60(18-11-51)35-6-7-39(41(23-35)62-40-9-20-69-31-46(40)72-50-43(62)22-33-8-14-55-48(33)57-50)49(64)58-73(67,68)37-24-42(63(65)66)47-45(25-37)71-29-34(56-47)28-59-15-12-52(53,54)13-16-59/h2-8,14,22-25,34,36,40,44,46,56H,9-13,15-21,26-31H2,1H3,(H,55,57)(H,58,64)/t34-,40+,44+,46+/m1/s1. The summed E-state index contributed by atoms with van der Waals surface area (Å²) < 4.78 is 83.0. The first-order valence-electron chi connectivity index (χ1n) is 25.4. The molecular formula is C52H59F2N9O9S. The fraction of sp³-hybridized carbons (Fsp3) is 0.500. The summed E-state index contributed by atoms with van der Waals surface area (Å²) >= 11 is 0. The molecule has 7 aliphatic rings. The Balaban J connectivity index is 0.825. The molecule has 4 saturated heterocycles. The van der Waals surface area contributed by atoms with Gasteiger partial charge in [0.25, 0.3) is 27.5 Å². The first-order chi connectivity index (χ1) is 35.2. The predicted octanol–water partition coefficient (Wildman–Crippen LogP) is 7.31. The van der Waals surface area contributed by atoms with Gasteiger partial charge in [0.05, 0.1) is 59.0 Å². The summed E-state index contributed by atoms with van der Waals surface area (Å²) in [6.07, 6.45) is 5.55. The van der Waals surface area contributed by atoms with Gasteiger partial charge in [0.1, 0.15) is 24.0 Å². The number of alkyl halides is 2. The van der Waals surface area contributed by atoms with Gasteiger partial charge in [0, 0.05) is 94.2 Å². The highest BCUT2D eigenvalue weighted by Gasteiger charge is 2.50. The van der Waals surface area contributed by atoms with Crippen LogP contribution in [0.15, 0.2) is 77.8 Å². The molecule has 0 radical (unpaired) electrons. The number of aryl methyl sites for hydroxylation is 1. The van der Waals surface area contributed by atoms with E-state index in [-0.39, 0.29) is 73.6 Å². The number of hydrogen-bond donors (Lipinski definition) is 3. The van der Waals surface area contributed by atoms with Crippen LogP contribution in [0.5, 0.6) is 11.6 Å². The van der Waals surface area contributed by atoms with Crippen LogP contribution in [-0.4, -0.2) is 141 Å². The molecule has 1 aliphatic carbocycles. The Morgan fingerprint density at radius 2 is 1.73 bits per heavy atom. The average molecular weight is 1020 g/mol. The van der Waals surface area contributed by atoms with Crippen molar-refractivity contribution >= 4 is 55.4 Å². The molecule has 18 nitrogen and oxygen atoms in total. The number of benzene rings is 3. The number of aromatic nitrogens is 2. The topological polar surface area (TPSA) is 197 Å². The van der Waals surface area contributed by atoms with Crippen LogP contribution in [-0.2, 0) is 19.5 Å². The number of nitro benzene ring substituents is 1. The summed E-state index contributed by atoms with van der Waals surface area (Å²) in [5.41, 5.74) is 4.87. The number of carbonyl (C=O) groups excluding carboxylic acids is 1. The molecule has 3 N–H and O–H groups in total. The highest BCUT2D eigenvalue weighted by Crippen LogP contribution is 2.54. The summed E-state index contributed by atoms with van der Waals surface area (Å²) in [5.74, 6) is -3.41. The van der Waals surface area contributed by atoms with E-state index < -0.39 is 49.5 Å². The second-order valence-corrected chi connectivity index (χ2v) is 22.6. The first-order valence-corrected chi connectivity index (χ1v) is 26.9. The highest BCUT2D eigenvalue weighted by atomic mass is 32.2. The molecule has 6 aliphatic heterocycles. The van der Waals surface area contributed by atoms with Crippen LogP contribution >= 0.6 is 0 Å². The number of H-pyrrole nitrogens is 1. The molecule has 73 heavy (non-hydrogen) atoms. The molecule has 0 unspecified atom stereocenters. The van der Waals surface area contributed by atoms with Gasteiger partial charge in [-0.25, -0.2) is 21.9 Å². The average Bonchev–Trinajstić information content (AvgIpc) is 3.84. The maximum Gasteiger partial charge on any atom is 0.297 e. The number of aromatic amines is 1. The van der Waals surface area contributed by atoms with Crippen LogP contribution in [0.3, 0.4) is 0 Å². The third-order valence-electron chi connectivity index (χ3n) is 16.4. The van der Waals surface area contributed by atoms with Gasteiger partial charge in [-0.3, -0.25) is 19.8 Å². The van der Waals surface area contributed by atoms with Crippen molar-refractivity contribution in [2.45, 2.75) is 93.0 Å². The van der Waals surface area contributed by atoms with Crippen molar-refractivity contribution in [2.75, 3.05) is 87.4 Å². The number of rotatable bonds is 10. The number of halogens is 2. The normalized spacial score (nSPS) is 25.1. The number of nitrogens with one attached hydrogen (secondary N) is 3. The lowest BCUT2D eigenvalue weighted by Gasteiger charge is -2.57. The number of carbonyl (C=O) groups is 1. The van der Waals surface area contributed by atoms with E-state index in [2.05, 4.69) is 56.0 Å². The van der Waals surface area contributed by atoms with Crippen LogP contribution < -0.4 is 29.3 Å². The molecule has 2 aromatic heterocycles. The highest BCUT2D eigenvalue weighted by molar-refractivity contribution is 7.90. The zero-order chi connectivity index (χ0) is 50.2. The Morgan fingerprint density at radius 1 is 0.932 bits per heavy atom. The van der Waals surface area contributed by atoms with Crippen LogP contribution in [0.25, 0.3) is 11.0 Å². The third-order valence-corrected chi connectivity index (χ3v) is 17.8. The lowest BCUT2D eigenvalue weighted by Crippen LogP contribution is -2.58. The van der Waals surface area contributed by atoms with Crippen molar-refractivity contribution < 1.29 is 45.9 Å². The second-order valence-electron chi connectivity index (χ2n) is 20.9. The van der Waals surface area contributed by atoms with Gasteiger partial charge in [0.15, 0.2) is 11.4 Å². The molecule has 1 amide bonds. The van der Waals surface area contributed by atoms with E-state index in [1.54, 1.807) is 12.3 Å². The molecule has 0 bridgehead atoms. The first kappa shape index (κ1) is 47.8. The van der Waals surface area contributed by atoms with E-state index in [4.69, 9.17) is 23.9 Å². The molecule has 12 rings (SSSR count). The van der Waals surface area contributed by atoms with Crippen molar-refractivity contribution in [3.63, 3.8) is 0 Å². The number of ether oxygens (including phenoxy) is 4. The number of nitro groups is 1. The van der Waals surface area contributed by atoms with Crippen LogP contribution in [0.2, 0.25) is 0 Å². The molecule has 5 fully saturated rings. The third kappa shape index (κ3) is 9.10. The van der Waals surface area contributed by atoms with Crippen molar-refractivity contribution in [3.8, 4) is 11.6 Å². The molecule has 5 aromatic rings. The molecule has 1 saturated carbocycles. The fourth-order valence-corrected chi connectivity index (χ4v) is 13.4. The second kappa shape index (κ2) is 18.7. The molecule has 386 valence electrons. The molecule has 4 atom stereocenters. The van der Waals surface area contributed by atoms with Gasteiger partial charge >= 0.3 is 0 Å². The number of sulfonamides is 1. The summed E-state index contributed by atoms with van der Waals surface area (Å²) in [6, 6.07) is 19.9. The fourth-order valence-electron chi connectivity index (χ4n) is 12.4.